The van der Waals surface area contributed by atoms with E-state index < -0.39 is 0 Å². The van der Waals surface area contributed by atoms with Crippen LogP contribution in [0.3, 0.4) is 0 Å². The average molecular weight is 359 g/mol. The molecule has 0 saturated heterocycles. The van der Waals surface area contributed by atoms with Crippen LogP contribution in [0.5, 0.6) is 0 Å². The second kappa shape index (κ2) is 8.55. The summed E-state index contributed by atoms with van der Waals surface area (Å²) in [5.74, 6) is -0.246. The number of nitrogens with zero attached hydrogens (tertiary/aromatic N) is 2. The predicted molar refractivity (Wildman–Crippen MR) is 110 cm³/mol. The molecule has 0 atom stereocenters. The van der Waals surface area contributed by atoms with Crippen molar-refractivity contribution in [1.29, 1.82) is 5.26 Å². The Hall–Kier alpha value is -3.06. The molecule has 1 heterocycles. The minimum atomic E-state index is -0.246. The summed E-state index contributed by atoms with van der Waals surface area (Å²) >= 11 is 0. The van der Waals surface area contributed by atoms with Gasteiger partial charge in [-0.05, 0) is 48.4 Å². The van der Waals surface area contributed by atoms with Crippen molar-refractivity contribution in [3.05, 3.63) is 70.9 Å². The lowest BCUT2D eigenvalue weighted by Crippen LogP contribution is -2.36. The van der Waals surface area contributed by atoms with Crippen molar-refractivity contribution in [2.24, 2.45) is 0 Å². The van der Waals surface area contributed by atoms with Crippen LogP contribution in [0.4, 0.5) is 11.4 Å². The highest BCUT2D eigenvalue weighted by molar-refractivity contribution is 6.09. The third-order valence-electron chi connectivity index (χ3n) is 5.07. The van der Waals surface area contributed by atoms with E-state index in [1.165, 1.54) is 11.1 Å². The number of hydrogen-bond acceptors (Lipinski definition) is 3. The minimum Gasteiger partial charge on any atom is -0.360 e. The Balaban J connectivity index is 1.89. The van der Waals surface area contributed by atoms with Crippen molar-refractivity contribution in [3.63, 3.8) is 0 Å². The number of nitriles is 1. The first kappa shape index (κ1) is 18.7. The molecule has 27 heavy (non-hydrogen) atoms. The first-order valence-electron chi connectivity index (χ1n) is 9.56. The summed E-state index contributed by atoms with van der Waals surface area (Å²) < 4.78 is 0. The zero-order valence-electron chi connectivity index (χ0n) is 16.0. The molecule has 0 saturated carbocycles. The second-order valence-electron chi connectivity index (χ2n) is 6.66. The number of amides is 1. The fourth-order valence-electron chi connectivity index (χ4n) is 3.60. The van der Waals surface area contributed by atoms with Crippen LogP contribution in [-0.4, -0.2) is 12.5 Å². The Kier molecular flexibility index (Phi) is 5.93. The molecule has 2 aromatic rings. The third kappa shape index (κ3) is 3.88. The lowest BCUT2D eigenvalue weighted by Gasteiger charge is -2.29. The zero-order valence-corrected chi connectivity index (χ0v) is 16.0. The number of carbonyl (C=O) groups excluding carboxylic acids is 1. The number of fused-ring (bicyclic) bond motifs is 1. The standard InChI is InChI=1S/C23H25N3O/c1-3-17-10-7-11-18(4-2)22(17)25-16-20(15-24)23(27)26-14-8-12-19-9-5-6-13-21(19)26/h5-7,9-11,13,16,25H,3-4,8,12,14H2,1-2H3/b20-16-. The van der Waals surface area contributed by atoms with Crippen LogP contribution in [0.15, 0.2) is 54.2 Å². The highest BCUT2D eigenvalue weighted by Gasteiger charge is 2.24. The number of anilines is 2. The maximum absolute atomic E-state index is 13.0. The van der Waals surface area contributed by atoms with Gasteiger partial charge >= 0.3 is 0 Å². The van der Waals surface area contributed by atoms with Crippen LogP contribution in [0.1, 0.15) is 37.0 Å². The molecule has 0 aromatic heterocycles. The summed E-state index contributed by atoms with van der Waals surface area (Å²) in [4.78, 5) is 14.7. The largest absolute Gasteiger partial charge is 0.360 e. The van der Waals surface area contributed by atoms with Crippen LogP contribution < -0.4 is 10.2 Å². The van der Waals surface area contributed by atoms with Gasteiger partial charge in [-0.1, -0.05) is 50.2 Å². The molecule has 0 fully saturated rings. The lowest BCUT2D eigenvalue weighted by molar-refractivity contribution is -0.114. The van der Waals surface area contributed by atoms with E-state index >= 15 is 0 Å². The Bertz CT molecular complexity index is 886. The summed E-state index contributed by atoms with van der Waals surface area (Å²) in [5.41, 5.74) is 5.56. The van der Waals surface area contributed by atoms with Gasteiger partial charge in [0.25, 0.3) is 5.91 Å². The number of benzene rings is 2. The first-order valence-corrected chi connectivity index (χ1v) is 9.56. The molecule has 0 spiro atoms. The Labute approximate surface area is 161 Å². The van der Waals surface area contributed by atoms with Crippen molar-refractivity contribution in [2.45, 2.75) is 39.5 Å². The van der Waals surface area contributed by atoms with Crippen LogP contribution in [0.25, 0.3) is 0 Å². The molecule has 2 aromatic carbocycles. The van der Waals surface area contributed by atoms with Gasteiger partial charge in [0.2, 0.25) is 0 Å². The SMILES string of the molecule is CCc1cccc(CC)c1N/C=C(/C#N)C(=O)N1CCCc2ccccc21. The van der Waals surface area contributed by atoms with Crippen molar-refractivity contribution >= 4 is 17.3 Å². The van der Waals surface area contributed by atoms with Crippen LogP contribution >= 0.6 is 0 Å². The zero-order chi connectivity index (χ0) is 19.2. The quantitative estimate of drug-likeness (QED) is 0.626. The fourth-order valence-corrected chi connectivity index (χ4v) is 3.60. The molecule has 0 bridgehead atoms. The summed E-state index contributed by atoms with van der Waals surface area (Å²) in [6.07, 6.45) is 5.22. The summed E-state index contributed by atoms with van der Waals surface area (Å²) in [7, 11) is 0. The number of nitrogens with one attached hydrogen (secondary N) is 1. The third-order valence-corrected chi connectivity index (χ3v) is 5.07. The molecule has 4 heteroatoms. The molecule has 0 radical (unpaired) electrons. The summed E-state index contributed by atoms with van der Waals surface area (Å²) in [5, 5.41) is 12.8. The van der Waals surface area contributed by atoms with Crippen molar-refractivity contribution in [3.8, 4) is 6.07 Å². The predicted octanol–water partition coefficient (Wildman–Crippen LogP) is 4.61. The maximum Gasteiger partial charge on any atom is 0.270 e. The van der Waals surface area contributed by atoms with E-state index in [9.17, 15) is 10.1 Å². The van der Waals surface area contributed by atoms with Gasteiger partial charge in [-0.15, -0.1) is 0 Å². The van der Waals surface area contributed by atoms with E-state index in [1.807, 2.05) is 30.3 Å². The number of para-hydroxylation sites is 2. The van der Waals surface area contributed by atoms with Gasteiger partial charge in [0.1, 0.15) is 11.6 Å². The van der Waals surface area contributed by atoms with Gasteiger partial charge in [-0.25, -0.2) is 0 Å². The molecule has 1 amide bonds. The molecule has 1 N–H and O–H groups in total. The molecule has 3 rings (SSSR count). The van der Waals surface area contributed by atoms with Crippen LogP contribution in [0, 0.1) is 11.3 Å². The Morgan fingerprint density at radius 3 is 2.52 bits per heavy atom. The molecule has 4 nitrogen and oxygen atoms in total. The monoisotopic (exact) mass is 359 g/mol. The van der Waals surface area contributed by atoms with E-state index in [0.717, 1.165) is 42.6 Å². The Morgan fingerprint density at radius 1 is 1.15 bits per heavy atom. The van der Waals surface area contributed by atoms with Crippen LogP contribution in [-0.2, 0) is 24.1 Å². The second-order valence-corrected chi connectivity index (χ2v) is 6.66. The van der Waals surface area contributed by atoms with Gasteiger partial charge in [0.05, 0.1) is 0 Å². The molecular weight excluding hydrogens is 334 g/mol. The van der Waals surface area contributed by atoms with Gasteiger partial charge in [0, 0.05) is 24.1 Å². The highest BCUT2D eigenvalue weighted by Crippen LogP contribution is 2.28. The number of hydrogen-bond donors (Lipinski definition) is 1. The van der Waals surface area contributed by atoms with Gasteiger partial charge in [-0.2, -0.15) is 5.26 Å². The summed E-state index contributed by atoms with van der Waals surface area (Å²) in [6, 6.07) is 16.2. The molecule has 0 aliphatic carbocycles. The number of rotatable bonds is 5. The number of carbonyl (C=O) groups is 1. The van der Waals surface area contributed by atoms with Gasteiger partial charge in [0.15, 0.2) is 0 Å². The maximum atomic E-state index is 13.0. The topological polar surface area (TPSA) is 56.1 Å². The highest BCUT2D eigenvalue weighted by atomic mass is 16.2. The van der Waals surface area contributed by atoms with E-state index in [4.69, 9.17) is 0 Å². The van der Waals surface area contributed by atoms with Crippen molar-refractivity contribution in [2.75, 3.05) is 16.8 Å². The van der Waals surface area contributed by atoms with Crippen LogP contribution in [0.2, 0.25) is 0 Å². The minimum absolute atomic E-state index is 0.125. The molecule has 1 aliphatic rings. The van der Waals surface area contributed by atoms with E-state index in [0.29, 0.717) is 6.54 Å². The number of aryl methyl sites for hydroxylation is 3. The van der Waals surface area contributed by atoms with Gasteiger partial charge in [-0.3, -0.25) is 4.79 Å². The summed E-state index contributed by atoms with van der Waals surface area (Å²) in [6.45, 7) is 4.84. The first-order chi connectivity index (χ1) is 13.2. The van der Waals surface area contributed by atoms with Crippen molar-refractivity contribution < 1.29 is 4.79 Å². The fraction of sp³-hybridized carbons (Fsp3) is 0.304. The van der Waals surface area contributed by atoms with E-state index in [1.54, 1.807) is 11.1 Å². The molecule has 1 aliphatic heterocycles. The van der Waals surface area contributed by atoms with Gasteiger partial charge < -0.3 is 10.2 Å². The molecular formula is C23H25N3O. The molecule has 138 valence electrons. The lowest BCUT2D eigenvalue weighted by atomic mass is 10.0. The molecule has 0 unspecified atom stereocenters. The average Bonchev–Trinajstić information content (AvgIpc) is 2.73. The van der Waals surface area contributed by atoms with E-state index in [-0.39, 0.29) is 11.5 Å². The smallest absolute Gasteiger partial charge is 0.270 e. The normalized spacial score (nSPS) is 13.7. The Morgan fingerprint density at radius 2 is 1.85 bits per heavy atom. The van der Waals surface area contributed by atoms with Crippen molar-refractivity contribution in [1.82, 2.24) is 0 Å². The van der Waals surface area contributed by atoms with E-state index in [2.05, 4.69) is 37.4 Å².